The molecule has 1 fully saturated rings. The number of amides is 3. The summed E-state index contributed by atoms with van der Waals surface area (Å²) in [5, 5.41) is 4.97. The summed E-state index contributed by atoms with van der Waals surface area (Å²) in [7, 11) is 0. The molecule has 0 bridgehead atoms. The summed E-state index contributed by atoms with van der Waals surface area (Å²) < 4.78 is 0. The maximum atomic E-state index is 13.1. The Kier molecular flexibility index (Phi) is 5.79. The Morgan fingerprint density at radius 2 is 1.87 bits per heavy atom. The van der Waals surface area contributed by atoms with Crippen LogP contribution in [0.3, 0.4) is 0 Å². The number of urea groups is 1. The van der Waals surface area contributed by atoms with Crippen molar-refractivity contribution in [3.63, 3.8) is 0 Å². The van der Waals surface area contributed by atoms with E-state index in [1.54, 1.807) is 17.3 Å². The first-order valence-electron chi connectivity index (χ1n) is 10.6. The average Bonchev–Trinajstić information content (AvgIpc) is 2.80. The third kappa shape index (κ3) is 3.79. The molecule has 3 amide bonds. The van der Waals surface area contributed by atoms with E-state index >= 15 is 0 Å². The molecule has 7 nitrogen and oxygen atoms in total. The number of hydrogen-bond acceptors (Lipinski definition) is 4. The fourth-order valence-electron chi connectivity index (χ4n) is 4.25. The Morgan fingerprint density at radius 1 is 1.13 bits per heavy atom. The van der Waals surface area contributed by atoms with Crippen LogP contribution in [-0.4, -0.2) is 57.9 Å². The first-order chi connectivity index (χ1) is 14.6. The lowest BCUT2D eigenvalue weighted by Crippen LogP contribution is -2.48. The minimum Gasteiger partial charge on any atom is -0.343 e. The zero-order valence-electron chi connectivity index (χ0n) is 17.5. The first kappa shape index (κ1) is 20.1. The van der Waals surface area contributed by atoms with Crippen LogP contribution in [0.1, 0.15) is 26.7 Å². The number of nitrogens with zero attached hydrogens (tertiary/aromatic N) is 4. The molecule has 1 aliphatic rings. The molecule has 4 rings (SSSR count). The molecule has 2 aromatic heterocycles. The van der Waals surface area contributed by atoms with E-state index in [1.807, 2.05) is 49.1 Å². The highest BCUT2D eigenvalue weighted by Crippen LogP contribution is 2.30. The van der Waals surface area contributed by atoms with Crippen LogP contribution in [0.15, 0.2) is 42.7 Å². The molecular weight excluding hydrogens is 378 g/mol. The Labute approximate surface area is 176 Å². The molecule has 0 radical (unpaired) electrons. The molecule has 0 spiro atoms. The molecule has 7 heteroatoms. The molecular formula is C23H27N5O2. The summed E-state index contributed by atoms with van der Waals surface area (Å²) in [6.45, 7) is 6.45. The molecule has 0 unspecified atom stereocenters. The monoisotopic (exact) mass is 405 g/mol. The molecule has 1 N–H and O–H groups in total. The standard InChI is InChI=1S/C23H27N5O2/c1-3-27(4-2)22(29)16-8-7-13-28(15-16)23(30)26-20-14-19-17(9-5-11-24-19)18-10-6-12-25-21(18)20/h5-6,9-12,14,16H,3-4,7-8,13,15H2,1-2H3,(H,26,30)/t16-/m0/s1. The van der Waals surface area contributed by atoms with E-state index in [-0.39, 0.29) is 17.9 Å². The zero-order valence-corrected chi connectivity index (χ0v) is 17.5. The van der Waals surface area contributed by atoms with Gasteiger partial charge in [-0.15, -0.1) is 0 Å². The molecule has 1 aromatic carbocycles. The van der Waals surface area contributed by atoms with Gasteiger partial charge in [-0.2, -0.15) is 0 Å². The smallest absolute Gasteiger partial charge is 0.321 e. The van der Waals surface area contributed by atoms with Crippen LogP contribution in [0.5, 0.6) is 0 Å². The SMILES string of the molecule is CCN(CC)C(=O)[C@H]1CCCN(C(=O)Nc2cc3ncccc3c3cccnc23)C1. The summed E-state index contributed by atoms with van der Waals surface area (Å²) in [4.78, 5) is 38.4. The van der Waals surface area contributed by atoms with Crippen LogP contribution in [0, 0.1) is 5.92 Å². The van der Waals surface area contributed by atoms with Crippen molar-refractivity contribution in [2.24, 2.45) is 5.92 Å². The van der Waals surface area contributed by atoms with Crippen LogP contribution >= 0.6 is 0 Å². The number of benzene rings is 1. The van der Waals surface area contributed by atoms with E-state index in [0.29, 0.717) is 31.9 Å². The fraction of sp³-hybridized carbons (Fsp3) is 0.391. The van der Waals surface area contributed by atoms with E-state index in [2.05, 4.69) is 15.3 Å². The van der Waals surface area contributed by atoms with Gasteiger partial charge in [-0.25, -0.2) is 4.79 Å². The van der Waals surface area contributed by atoms with Gasteiger partial charge in [-0.05, 0) is 44.9 Å². The lowest BCUT2D eigenvalue weighted by Gasteiger charge is -2.34. The maximum absolute atomic E-state index is 13.1. The molecule has 1 aliphatic heterocycles. The van der Waals surface area contributed by atoms with Crippen LogP contribution in [0.25, 0.3) is 21.8 Å². The van der Waals surface area contributed by atoms with Gasteiger partial charge in [0.15, 0.2) is 0 Å². The summed E-state index contributed by atoms with van der Waals surface area (Å²) in [5.74, 6) is -0.00272. The molecule has 1 saturated heterocycles. The van der Waals surface area contributed by atoms with Crippen LogP contribution in [-0.2, 0) is 4.79 Å². The molecule has 0 saturated carbocycles. The third-order valence-electron chi connectivity index (χ3n) is 5.85. The highest BCUT2D eigenvalue weighted by atomic mass is 16.2. The van der Waals surface area contributed by atoms with Crippen LogP contribution in [0.4, 0.5) is 10.5 Å². The second-order valence-corrected chi connectivity index (χ2v) is 7.62. The average molecular weight is 406 g/mol. The number of rotatable bonds is 4. The molecule has 3 aromatic rings. The van der Waals surface area contributed by atoms with Gasteiger partial charge < -0.3 is 15.1 Å². The van der Waals surface area contributed by atoms with E-state index in [9.17, 15) is 9.59 Å². The van der Waals surface area contributed by atoms with E-state index in [4.69, 9.17) is 0 Å². The Morgan fingerprint density at radius 3 is 2.63 bits per heavy atom. The molecule has 156 valence electrons. The topological polar surface area (TPSA) is 78.4 Å². The van der Waals surface area contributed by atoms with Crippen molar-refractivity contribution >= 4 is 39.4 Å². The van der Waals surface area contributed by atoms with Crippen molar-refractivity contribution in [3.05, 3.63) is 42.7 Å². The van der Waals surface area contributed by atoms with E-state index < -0.39 is 0 Å². The van der Waals surface area contributed by atoms with Crippen molar-refractivity contribution < 1.29 is 9.59 Å². The van der Waals surface area contributed by atoms with Crippen molar-refractivity contribution in [2.45, 2.75) is 26.7 Å². The van der Waals surface area contributed by atoms with Gasteiger partial charge in [0.05, 0.1) is 22.6 Å². The van der Waals surface area contributed by atoms with E-state index in [1.165, 1.54) is 0 Å². The van der Waals surface area contributed by atoms with Gasteiger partial charge in [-0.3, -0.25) is 14.8 Å². The van der Waals surface area contributed by atoms with Gasteiger partial charge in [0.25, 0.3) is 0 Å². The minimum absolute atomic E-state index is 0.138. The number of carbonyl (C=O) groups is 2. The van der Waals surface area contributed by atoms with Crippen molar-refractivity contribution in [1.82, 2.24) is 19.8 Å². The fourth-order valence-corrected chi connectivity index (χ4v) is 4.25. The number of hydrogen-bond donors (Lipinski definition) is 1. The van der Waals surface area contributed by atoms with Gasteiger partial charge in [0.1, 0.15) is 0 Å². The number of anilines is 1. The van der Waals surface area contributed by atoms with Gasteiger partial charge in [-0.1, -0.05) is 12.1 Å². The quantitative estimate of drug-likeness (QED) is 0.668. The minimum atomic E-state index is -0.200. The summed E-state index contributed by atoms with van der Waals surface area (Å²) in [6, 6.07) is 9.44. The van der Waals surface area contributed by atoms with Crippen LogP contribution in [0.2, 0.25) is 0 Å². The summed E-state index contributed by atoms with van der Waals surface area (Å²) in [5.41, 5.74) is 2.18. The molecule has 30 heavy (non-hydrogen) atoms. The Balaban J connectivity index is 1.57. The van der Waals surface area contributed by atoms with Gasteiger partial charge >= 0.3 is 6.03 Å². The summed E-state index contributed by atoms with van der Waals surface area (Å²) in [6.07, 6.45) is 5.11. The van der Waals surface area contributed by atoms with Crippen molar-refractivity contribution in [2.75, 3.05) is 31.5 Å². The lowest BCUT2D eigenvalue weighted by molar-refractivity contribution is -0.136. The maximum Gasteiger partial charge on any atom is 0.321 e. The van der Waals surface area contributed by atoms with Gasteiger partial charge in [0.2, 0.25) is 5.91 Å². The number of carbonyl (C=O) groups excluding carboxylic acids is 2. The normalized spacial score (nSPS) is 16.6. The van der Waals surface area contributed by atoms with Crippen molar-refractivity contribution in [3.8, 4) is 0 Å². The number of aromatic nitrogens is 2. The predicted octanol–water partition coefficient (Wildman–Crippen LogP) is 3.90. The van der Waals surface area contributed by atoms with E-state index in [0.717, 1.165) is 34.6 Å². The number of likely N-dealkylation sites (tertiary alicyclic amines) is 1. The number of piperidine rings is 1. The van der Waals surface area contributed by atoms with Crippen LogP contribution < -0.4 is 5.32 Å². The third-order valence-corrected chi connectivity index (χ3v) is 5.85. The first-order valence-corrected chi connectivity index (χ1v) is 10.6. The largest absolute Gasteiger partial charge is 0.343 e. The number of fused-ring (bicyclic) bond motifs is 3. The zero-order chi connectivity index (χ0) is 21.1. The Hall–Kier alpha value is -3.22. The molecule has 1 atom stereocenters. The second kappa shape index (κ2) is 8.65. The highest BCUT2D eigenvalue weighted by molar-refractivity contribution is 6.12. The van der Waals surface area contributed by atoms with Crippen molar-refractivity contribution in [1.29, 1.82) is 0 Å². The molecule has 0 aliphatic carbocycles. The second-order valence-electron chi connectivity index (χ2n) is 7.62. The summed E-state index contributed by atoms with van der Waals surface area (Å²) >= 11 is 0. The number of nitrogens with one attached hydrogen (secondary N) is 1. The Bertz CT molecular complexity index is 1080. The lowest BCUT2D eigenvalue weighted by atomic mass is 9.96. The molecule has 3 heterocycles. The highest BCUT2D eigenvalue weighted by Gasteiger charge is 2.30. The van der Waals surface area contributed by atoms with Gasteiger partial charge in [0, 0.05) is 49.3 Å². The predicted molar refractivity (Wildman–Crippen MR) is 118 cm³/mol. The number of pyridine rings is 2.